The van der Waals surface area contributed by atoms with Gasteiger partial charge in [0.05, 0.1) is 17.0 Å². The van der Waals surface area contributed by atoms with E-state index in [0.29, 0.717) is 12.0 Å². The van der Waals surface area contributed by atoms with E-state index in [2.05, 4.69) is 0 Å². The molecule has 0 fully saturated rings. The molecule has 0 radical (unpaired) electrons. The van der Waals surface area contributed by atoms with Gasteiger partial charge in [-0.3, -0.25) is 4.79 Å². The molecule has 0 aliphatic heterocycles. The average Bonchev–Trinajstić information content (AvgIpc) is 2.93. The van der Waals surface area contributed by atoms with Crippen molar-refractivity contribution in [3.8, 4) is 16.9 Å². The van der Waals surface area contributed by atoms with Crippen molar-refractivity contribution >= 4 is 16.9 Å². The minimum absolute atomic E-state index is 0.0778. The van der Waals surface area contributed by atoms with Gasteiger partial charge in [0, 0.05) is 28.1 Å². The van der Waals surface area contributed by atoms with E-state index in [1.807, 2.05) is 6.92 Å². The van der Waals surface area contributed by atoms with E-state index in [1.165, 1.54) is 24.3 Å². The molecule has 0 aliphatic rings. The van der Waals surface area contributed by atoms with Crippen molar-refractivity contribution in [3.63, 3.8) is 0 Å². The van der Waals surface area contributed by atoms with Crippen LogP contribution in [0.4, 0.5) is 26.3 Å². The summed E-state index contributed by atoms with van der Waals surface area (Å²) in [6.45, 7) is 6.43. The molecule has 3 rings (SSSR count). The first-order valence-corrected chi connectivity index (χ1v) is 15.3. The van der Waals surface area contributed by atoms with Gasteiger partial charge in [0.2, 0.25) is 0 Å². The number of rotatable bonds is 14. The maximum atomic E-state index is 14.0. The standard InChI is InChI=1S/C34H42F6N2O5/c1-6-7-8-9-20-10-13-24(26(14-20)34(38,39)40)25-15-21-11-12-23(16-28(21)47-29(25)43)45-18-22(33(35,36)37)19-46-30(44)27(32(4,5)42)17-31(2,3)41/h10-16,22,27H,6-9,17-19,41-42H2,1-5H3. The molecule has 13 heteroatoms. The third-order valence-corrected chi connectivity index (χ3v) is 7.71. The molecule has 0 spiro atoms. The number of carbonyl (C=O) groups is 1. The van der Waals surface area contributed by atoms with Gasteiger partial charge in [-0.05, 0) is 76.8 Å². The Hall–Kier alpha value is -3.58. The summed E-state index contributed by atoms with van der Waals surface area (Å²) in [5, 5.41) is 0.228. The third-order valence-electron chi connectivity index (χ3n) is 7.71. The molecule has 0 bridgehead atoms. The number of ether oxygens (including phenoxy) is 2. The Balaban J connectivity index is 1.82. The van der Waals surface area contributed by atoms with Crippen LogP contribution < -0.4 is 21.8 Å². The summed E-state index contributed by atoms with van der Waals surface area (Å²) >= 11 is 0. The lowest BCUT2D eigenvalue weighted by molar-refractivity contribution is -0.198. The number of aryl methyl sites for hydroxylation is 1. The molecule has 3 aromatic rings. The van der Waals surface area contributed by atoms with Gasteiger partial charge in [-0.2, -0.15) is 26.3 Å². The van der Waals surface area contributed by atoms with Crippen LogP contribution in [0.25, 0.3) is 22.1 Å². The number of halogens is 6. The Morgan fingerprint density at radius 1 is 0.894 bits per heavy atom. The zero-order valence-electron chi connectivity index (χ0n) is 27.1. The first-order valence-electron chi connectivity index (χ1n) is 15.3. The molecule has 260 valence electrons. The van der Waals surface area contributed by atoms with Crippen LogP contribution in [0.3, 0.4) is 0 Å². The van der Waals surface area contributed by atoms with Gasteiger partial charge in [0.1, 0.15) is 30.5 Å². The van der Waals surface area contributed by atoms with Crippen LogP contribution in [0.5, 0.6) is 5.75 Å². The number of nitrogens with two attached hydrogens (primary N) is 2. The van der Waals surface area contributed by atoms with Gasteiger partial charge in [-0.25, -0.2) is 4.79 Å². The van der Waals surface area contributed by atoms with Crippen molar-refractivity contribution in [2.24, 2.45) is 23.3 Å². The summed E-state index contributed by atoms with van der Waals surface area (Å²) in [7, 11) is 0. The highest BCUT2D eigenvalue weighted by Gasteiger charge is 2.43. The van der Waals surface area contributed by atoms with Crippen molar-refractivity contribution < 1.29 is 45.0 Å². The number of benzene rings is 2. The maximum absolute atomic E-state index is 14.0. The number of unbranched alkanes of at least 4 members (excludes halogenated alkanes) is 2. The molecule has 0 saturated heterocycles. The molecule has 2 unspecified atom stereocenters. The molecule has 0 amide bonds. The van der Waals surface area contributed by atoms with E-state index in [1.54, 1.807) is 33.8 Å². The van der Waals surface area contributed by atoms with Crippen LogP contribution in [0.15, 0.2) is 51.7 Å². The molecule has 2 aromatic carbocycles. The minimum atomic E-state index is -4.80. The van der Waals surface area contributed by atoms with Crippen molar-refractivity contribution in [1.82, 2.24) is 0 Å². The number of esters is 1. The second-order valence-electron chi connectivity index (χ2n) is 13.2. The highest BCUT2D eigenvalue weighted by molar-refractivity contribution is 5.83. The smallest absolute Gasteiger partial charge is 0.417 e. The van der Waals surface area contributed by atoms with Gasteiger partial charge in [-0.1, -0.05) is 31.9 Å². The van der Waals surface area contributed by atoms with Crippen LogP contribution in [-0.2, 0) is 22.1 Å². The Morgan fingerprint density at radius 2 is 1.57 bits per heavy atom. The molecule has 0 saturated carbocycles. The second-order valence-corrected chi connectivity index (χ2v) is 13.2. The predicted octanol–water partition coefficient (Wildman–Crippen LogP) is 7.79. The fraction of sp³-hybridized carbons (Fsp3) is 0.529. The van der Waals surface area contributed by atoms with E-state index in [0.717, 1.165) is 31.4 Å². The van der Waals surface area contributed by atoms with E-state index >= 15 is 0 Å². The van der Waals surface area contributed by atoms with Crippen molar-refractivity contribution in [2.45, 2.75) is 90.2 Å². The van der Waals surface area contributed by atoms with Gasteiger partial charge in [-0.15, -0.1) is 0 Å². The SMILES string of the molecule is CCCCCc1ccc(-c2cc3ccc(OCC(COC(=O)C(CC(C)(C)N)C(C)(C)N)C(F)(F)F)cc3oc2=O)c(C(F)(F)F)c1. The van der Waals surface area contributed by atoms with Crippen LogP contribution in [-0.4, -0.2) is 36.4 Å². The predicted molar refractivity (Wildman–Crippen MR) is 167 cm³/mol. The fourth-order valence-corrected chi connectivity index (χ4v) is 5.06. The van der Waals surface area contributed by atoms with Gasteiger partial charge < -0.3 is 25.4 Å². The monoisotopic (exact) mass is 672 g/mol. The Bertz CT molecular complexity index is 1590. The highest BCUT2D eigenvalue weighted by atomic mass is 19.4. The van der Waals surface area contributed by atoms with Crippen molar-refractivity contribution in [1.29, 1.82) is 0 Å². The molecule has 1 aromatic heterocycles. The molecule has 4 N–H and O–H groups in total. The topological polar surface area (TPSA) is 118 Å². The van der Waals surface area contributed by atoms with Gasteiger partial charge in [0.25, 0.3) is 0 Å². The lowest BCUT2D eigenvalue weighted by atomic mass is 9.80. The average molecular weight is 673 g/mol. The summed E-state index contributed by atoms with van der Waals surface area (Å²) in [5.74, 6) is -4.21. The molecule has 0 aliphatic carbocycles. The first-order chi connectivity index (χ1) is 21.6. The zero-order valence-corrected chi connectivity index (χ0v) is 27.1. The zero-order chi connectivity index (χ0) is 35.4. The second kappa shape index (κ2) is 14.7. The van der Waals surface area contributed by atoms with Gasteiger partial charge in [0.15, 0.2) is 0 Å². The molecular formula is C34H42F6N2O5. The Morgan fingerprint density at radius 3 is 2.15 bits per heavy atom. The van der Waals surface area contributed by atoms with E-state index in [-0.39, 0.29) is 34.3 Å². The number of carbonyl (C=O) groups excluding carboxylic acids is 1. The highest BCUT2D eigenvalue weighted by Crippen LogP contribution is 2.38. The van der Waals surface area contributed by atoms with Crippen LogP contribution in [0.2, 0.25) is 0 Å². The number of alkyl halides is 6. The van der Waals surface area contributed by atoms with Crippen LogP contribution in [0, 0.1) is 11.8 Å². The van der Waals surface area contributed by atoms with Crippen LogP contribution >= 0.6 is 0 Å². The summed E-state index contributed by atoms with van der Waals surface area (Å²) in [5.41, 5.74) is 7.85. The Kier molecular flexibility index (Phi) is 11.8. The molecule has 47 heavy (non-hydrogen) atoms. The number of hydrogen-bond donors (Lipinski definition) is 2. The summed E-state index contributed by atoms with van der Waals surface area (Å²) in [4.78, 5) is 25.6. The Labute approximate surface area is 269 Å². The fourth-order valence-electron chi connectivity index (χ4n) is 5.06. The van der Waals surface area contributed by atoms with E-state index in [9.17, 15) is 35.9 Å². The van der Waals surface area contributed by atoms with Crippen molar-refractivity contribution in [2.75, 3.05) is 13.2 Å². The summed E-state index contributed by atoms with van der Waals surface area (Å²) < 4.78 is 99.3. The summed E-state index contributed by atoms with van der Waals surface area (Å²) in [6, 6.07) is 8.89. The molecule has 2 atom stereocenters. The van der Waals surface area contributed by atoms with Crippen molar-refractivity contribution in [3.05, 3.63) is 64.0 Å². The lowest BCUT2D eigenvalue weighted by Gasteiger charge is -2.34. The molecular weight excluding hydrogens is 630 g/mol. The lowest BCUT2D eigenvalue weighted by Crippen LogP contribution is -2.50. The molecule has 7 nitrogen and oxygen atoms in total. The molecule has 1 heterocycles. The number of fused-ring (bicyclic) bond motifs is 1. The maximum Gasteiger partial charge on any atom is 0.417 e. The largest absolute Gasteiger partial charge is 0.493 e. The normalized spacial score (nSPS) is 14.2. The summed E-state index contributed by atoms with van der Waals surface area (Å²) in [6.07, 6.45) is -6.49. The van der Waals surface area contributed by atoms with E-state index in [4.69, 9.17) is 25.4 Å². The quantitative estimate of drug-likeness (QED) is 0.0777. The number of hydrogen-bond acceptors (Lipinski definition) is 7. The minimum Gasteiger partial charge on any atom is -0.493 e. The van der Waals surface area contributed by atoms with Crippen LogP contribution in [0.1, 0.15) is 71.4 Å². The first kappa shape index (κ1) is 37.9. The van der Waals surface area contributed by atoms with Gasteiger partial charge >= 0.3 is 23.9 Å². The van der Waals surface area contributed by atoms with E-state index < -0.39 is 65.6 Å². The third kappa shape index (κ3) is 10.7.